The van der Waals surface area contributed by atoms with Crippen LogP contribution in [0.2, 0.25) is 0 Å². The van der Waals surface area contributed by atoms with Crippen LogP contribution in [0, 0.1) is 30.3 Å². The summed E-state index contributed by atoms with van der Waals surface area (Å²) in [6.45, 7) is 3.58. The number of nitriles is 1. The van der Waals surface area contributed by atoms with Crippen molar-refractivity contribution in [1.82, 2.24) is 20.2 Å². The maximum absolute atomic E-state index is 9.27. The van der Waals surface area contributed by atoms with Gasteiger partial charge in [0.25, 0.3) is 0 Å². The number of hydrogen-bond acceptors (Lipinski definition) is 5. The van der Waals surface area contributed by atoms with Gasteiger partial charge in [0.15, 0.2) is 17.4 Å². The van der Waals surface area contributed by atoms with Crippen molar-refractivity contribution < 1.29 is 4.74 Å². The number of nitrogens with one attached hydrogen (secondary N) is 1. The van der Waals surface area contributed by atoms with Crippen LogP contribution in [0.5, 0.6) is 5.75 Å². The SMILES string of the molecule is CC#COc1ccc(-c2n[nH]c(-c3ccnc(C)c3)n2)cc1C#N. The molecule has 6 heteroatoms. The molecule has 6 nitrogen and oxygen atoms in total. The van der Waals surface area contributed by atoms with Crippen molar-refractivity contribution in [2.75, 3.05) is 0 Å². The number of H-pyrrole nitrogens is 1. The zero-order valence-electron chi connectivity index (χ0n) is 13.2. The van der Waals surface area contributed by atoms with E-state index in [9.17, 15) is 5.26 Å². The zero-order chi connectivity index (χ0) is 16.9. The molecule has 2 heterocycles. The fourth-order valence-electron chi connectivity index (χ4n) is 2.16. The van der Waals surface area contributed by atoms with Crippen LogP contribution in [-0.2, 0) is 0 Å². The Hall–Kier alpha value is -3.64. The maximum atomic E-state index is 9.27. The number of aromatic nitrogens is 4. The van der Waals surface area contributed by atoms with Crippen molar-refractivity contribution in [3.8, 4) is 46.6 Å². The molecule has 0 radical (unpaired) electrons. The van der Waals surface area contributed by atoms with Crippen molar-refractivity contribution in [3.05, 3.63) is 47.8 Å². The Morgan fingerprint density at radius 2 is 2.04 bits per heavy atom. The van der Waals surface area contributed by atoms with Gasteiger partial charge in [-0.15, -0.1) is 0 Å². The molecule has 0 atom stereocenters. The van der Waals surface area contributed by atoms with Crippen LogP contribution >= 0.6 is 0 Å². The smallest absolute Gasteiger partial charge is 0.181 e. The largest absolute Gasteiger partial charge is 0.406 e. The van der Waals surface area contributed by atoms with Gasteiger partial charge in [-0.25, -0.2) is 4.98 Å². The molecular weight excluding hydrogens is 302 g/mol. The van der Waals surface area contributed by atoms with Gasteiger partial charge in [0, 0.05) is 29.9 Å². The molecule has 0 aliphatic heterocycles. The average Bonchev–Trinajstić information content (AvgIpc) is 3.10. The molecule has 3 rings (SSSR count). The average molecular weight is 315 g/mol. The van der Waals surface area contributed by atoms with Gasteiger partial charge in [-0.1, -0.05) is 5.92 Å². The van der Waals surface area contributed by atoms with E-state index < -0.39 is 0 Å². The quantitative estimate of drug-likeness (QED) is 0.750. The first-order valence-electron chi connectivity index (χ1n) is 7.20. The molecule has 0 saturated heterocycles. The number of benzene rings is 1. The van der Waals surface area contributed by atoms with Gasteiger partial charge in [0.1, 0.15) is 12.2 Å². The van der Waals surface area contributed by atoms with E-state index in [0.717, 1.165) is 16.8 Å². The summed E-state index contributed by atoms with van der Waals surface area (Å²) in [5.74, 6) is 4.18. The lowest BCUT2D eigenvalue weighted by atomic mass is 10.1. The Balaban J connectivity index is 1.95. The summed E-state index contributed by atoms with van der Waals surface area (Å²) in [5.41, 5.74) is 2.90. The number of nitrogens with zero attached hydrogens (tertiary/aromatic N) is 4. The van der Waals surface area contributed by atoms with Crippen molar-refractivity contribution >= 4 is 0 Å². The predicted octanol–water partition coefficient (Wildman–Crippen LogP) is 3.07. The highest BCUT2D eigenvalue weighted by atomic mass is 16.5. The fraction of sp³-hybridized carbons (Fsp3) is 0.111. The third-order valence-electron chi connectivity index (χ3n) is 3.28. The summed E-state index contributed by atoms with van der Waals surface area (Å²) in [6, 6.07) is 11.0. The molecule has 2 aromatic heterocycles. The second kappa shape index (κ2) is 6.64. The Kier molecular flexibility index (Phi) is 4.22. The molecule has 0 fully saturated rings. The highest BCUT2D eigenvalue weighted by Gasteiger charge is 2.11. The molecule has 0 amide bonds. The topological polar surface area (TPSA) is 87.5 Å². The minimum atomic E-state index is 0.376. The molecule has 0 bridgehead atoms. The second-order valence-electron chi connectivity index (χ2n) is 4.97. The first kappa shape index (κ1) is 15.3. The van der Waals surface area contributed by atoms with Gasteiger partial charge < -0.3 is 4.74 Å². The highest BCUT2D eigenvalue weighted by Crippen LogP contribution is 2.25. The van der Waals surface area contributed by atoms with Gasteiger partial charge in [-0.05, 0) is 37.3 Å². The zero-order valence-corrected chi connectivity index (χ0v) is 13.2. The number of ether oxygens (including phenoxy) is 1. The van der Waals surface area contributed by atoms with E-state index in [1.165, 1.54) is 0 Å². The summed E-state index contributed by atoms with van der Waals surface area (Å²) >= 11 is 0. The fourth-order valence-corrected chi connectivity index (χ4v) is 2.16. The molecular formula is C18H13N5O. The van der Waals surface area contributed by atoms with Crippen LogP contribution in [0.3, 0.4) is 0 Å². The first-order chi connectivity index (χ1) is 11.7. The minimum Gasteiger partial charge on any atom is -0.406 e. The second-order valence-corrected chi connectivity index (χ2v) is 4.97. The number of aromatic amines is 1. The molecule has 0 unspecified atom stereocenters. The summed E-state index contributed by atoms with van der Waals surface area (Å²) in [5, 5.41) is 16.4. The van der Waals surface area contributed by atoms with Crippen molar-refractivity contribution in [2.24, 2.45) is 0 Å². The van der Waals surface area contributed by atoms with Crippen molar-refractivity contribution in [3.63, 3.8) is 0 Å². The first-order valence-corrected chi connectivity index (χ1v) is 7.20. The molecule has 116 valence electrons. The molecule has 0 aliphatic rings. The number of pyridine rings is 1. The highest BCUT2D eigenvalue weighted by molar-refractivity contribution is 5.64. The molecule has 0 saturated carbocycles. The van der Waals surface area contributed by atoms with E-state index in [-0.39, 0.29) is 0 Å². The minimum absolute atomic E-state index is 0.376. The van der Waals surface area contributed by atoms with Gasteiger partial charge in [0.2, 0.25) is 0 Å². The van der Waals surface area contributed by atoms with Crippen LogP contribution in [0.4, 0.5) is 0 Å². The molecule has 1 N–H and O–H groups in total. The third kappa shape index (κ3) is 3.08. The van der Waals surface area contributed by atoms with E-state index in [0.29, 0.717) is 23.0 Å². The summed E-state index contributed by atoms with van der Waals surface area (Å²) < 4.78 is 5.22. The summed E-state index contributed by atoms with van der Waals surface area (Å²) in [7, 11) is 0. The lowest BCUT2D eigenvalue weighted by Gasteiger charge is -2.02. The van der Waals surface area contributed by atoms with Gasteiger partial charge >= 0.3 is 0 Å². The van der Waals surface area contributed by atoms with Crippen LogP contribution in [0.25, 0.3) is 22.8 Å². The van der Waals surface area contributed by atoms with Crippen LogP contribution in [-0.4, -0.2) is 20.2 Å². The predicted molar refractivity (Wildman–Crippen MR) is 88.6 cm³/mol. The van der Waals surface area contributed by atoms with Crippen LogP contribution in [0.15, 0.2) is 36.5 Å². The van der Waals surface area contributed by atoms with Gasteiger partial charge in [-0.2, -0.15) is 10.4 Å². The standard InChI is InChI=1S/C18H13N5O/c1-3-8-24-16-5-4-13(10-15(16)11-19)17-21-18(23-22-17)14-6-7-20-12(2)9-14/h4-7,9-10H,1-2H3,(H,21,22,23). The number of hydrogen-bond donors (Lipinski definition) is 1. The van der Waals surface area contributed by atoms with Crippen LogP contribution < -0.4 is 4.74 Å². The summed E-state index contributed by atoms with van der Waals surface area (Å²) in [6.07, 6.45) is 4.21. The Labute approximate surface area is 139 Å². The lowest BCUT2D eigenvalue weighted by molar-refractivity contribution is 0.518. The molecule has 1 aromatic carbocycles. The van der Waals surface area contributed by atoms with E-state index in [1.807, 2.05) is 19.1 Å². The molecule has 0 aliphatic carbocycles. The van der Waals surface area contributed by atoms with E-state index in [2.05, 4.69) is 38.3 Å². The van der Waals surface area contributed by atoms with Crippen molar-refractivity contribution in [2.45, 2.75) is 13.8 Å². The Morgan fingerprint density at radius 3 is 2.79 bits per heavy atom. The van der Waals surface area contributed by atoms with Gasteiger partial charge in [0.05, 0.1) is 5.56 Å². The molecule has 0 spiro atoms. The Bertz CT molecular complexity index is 988. The molecule has 3 aromatic rings. The van der Waals surface area contributed by atoms with Crippen molar-refractivity contribution in [1.29, 1.82) is 5.26 Å². The van der Waals surface area contributed by atoms with Crippen LogP contribution in [0.1, 0.15) is 18.2 Å². The Morgan fingerprint density at radius 1 is 1.17 bits per heavy atom. The summed E-state index contributed by atoms with van der Waals surface area (Å²) in [4.78, 5) is 8.65. The van der Waals surface area contributed by atoms with E-state index in [4.69, 9.17) is 4.74 Å². The maximum Gasteiger partial charge on any atom is 0.181 e. The monoisotopic (exact) mass is 315 g/mol. The third-order valence-corrected chi connectivity index (χ3v) is 3.28. The number of aryl methyl sites for hydroxylation is 1. The van der Waals surface area contributed by atoms with E-state index >= 15 is 0 Å². The lowest BCUT2D eigenvalue weighted by Crippen LogP contribution is -1.90. The van der Waals surface area contributed by atoms with E-state index in [1.54, 1.807) is 31.3 Å². The number of rotatable bonds is 3. The molecule has 24 heavy (non-hydrogen) atoms. The van der Waals surface area contributed by atoms with Gasteiger partial charge in [-0.3, -0.25) is 10.1 Å². The normalized spacial score (nSPS) is 9.71.